The first kappa shape index (κ1) is 10.5. The van der Waals surface area contributed by atoms with Gasteiger partial charge in [-0.2, -0.15) is 0 Å². The summed E-state index contributed by atoms with van der Waals surface area (Å²) >= 11 is 1.51. The smallest absolute Gasteiger partial charge is 0.335 e. The highest BCUT2D eigenvalue weighted by Crippen LogP contribution is 2.11. The Labute approximate surface area is 95.9 Å². The van der Waals surface area contributed by atoms with Gasteiger partial charge in [-0.05, 0) is 24.3 Å². The third kappa shape index (κ3) is 2.52. The zero-order valence-electron chi connectivity index (χ0n) is 8.20. The molecule has 0 fully saturated rings. The molecule has 0 aromatic carbocycles. The van der Waals surface area contributed by atoms with Gasteiger partial charge in [-0.25, -0.2) is 4.79 Å². The molecule has 0 saturated carbocycles. The number of thiazole rings is 1. The topological polar surface area (TPSA) is 63.1 Å². The van der Waals surface area contributed by atoms with E-state index in [1.54, 1.807) is 17.8 Å². The summed E-state index contributed by atoms with van der Waals surface area (Å²) in [5, 5.41) is 8.80. The van der Waals surface area contributed by atoms with Crippen LogP contribution in [0.25, 0.3) is 12.2 Å². The molecule has 5 heteroatoms. The highest BCUT2D eigenvalue weighted by molar-refractivity contribution is 7.10. The second-order valence-corrected chi connectivity index (χ2v) is 3.93. The maximum atomic E-state index is 10.7. The average molecular weight is 232 g/mol. The van der Waals surface area contributed by atoms with E-state index in [1.807, 2.05) is 6.08 Å². The lowest BCUT2D eigenvalue weighted by Crippen LogP contribution is -1.96. The third-order valence-electron chi connectivity index (χ3n) is 1.90. The minimum atomic E-state index is -0.949. The van der Waals surface area contributed by atoms with Gasteiger partial charge in [-0.15, -0.1) is 11.3 Å². The predicted octanol–water partition coefficient (Wildman–Crippen LogP) is 2.41. The zero-order valence-corrected chi connectivity index (χ0v) is 9.02. The van der Waals surface area contributed by atoms with Crippen molar-refractivity contribution in [2.75, 3.05) is 0 Å². The molecular weight excluding hydrogens is 224 g/mol. The highest BCUT2D eigenvalue weighted by Gasteiger charge is 2.01. The Bertz CT molecular complexity index is 521. The molecule has 0 unspecified atom stereocenters. The molecule has 2 rings (SSSR count). The van der Waals surface area contributed by atoms with E-state index in [0.717, 1.165) is 4.88 Å². The summed E-state index contributed by atoms with van der Waals surface area (Å²) in [5.74, 6) is -0.949. The Morgan fingerprint density at radius 2 is 2.31 bits per heavy atom. The summed E-state index contributed by atoms with van der Waals surface area (Å²) in [4.78, 5) is 19.7. The van der Waals surface area contributed by atoms with Crippen molar-refractivity contribution in [3.8, 4) is 0 Å². The molecule has 80 valence electrons. The summed E-state index contributed by atoms with van der Waals surface area (Å²) in [6, 6.07) is 2.99. The Kier molecular flexibility index (Phi) is 3.07. The van der Waals surface area contributed by atoms with Crippen molar-refractivity contribution in [3.63, 3.8) is 0 Å². The van der Waals surface area contributed by atoms with Crippen LogP contribution in [-0.4, -0.2) is 21.0 Å². The van der Waals surface area contributed by atoms with Crippen LogP contribution in [0.5, 0.6) is 0 Å². The molecule has 0 atom stereocenters. The minimum absolute atomic E-state index is 0.235. The van der Waals surface area contributed by atoms with Crippen LogP contribution in [0, 0.1) is 0 Å². The number of hydrogen-bond acceptors (Lipinski definition) is 4. The van der Waals surface area contributed by atoms with Gasteiger partial charge in [0.05, 0.1) is 16.8 Å². The van der Waals surface area contributed by atoms with Crippen molar-refractivity contribution < 1.29 is 9.90 Å². The molecule has 0 saturated heterocycles. The number of carboxylic acid groups (broad SMARTS) is 1. The van der Waals surface area contributed by atoms with Gasteiger partial charge < -0.3 is 5.11 Å². The second-order valence-electron chi connectivity index (χ2n) is 3.01. The van der Waals surface area contributed by atoms with E-state index in [-0.39, 0.29) is 5.56 Å². The first-order chi connectivity index (χ1) is 7.75. The van der Waals surface area contributed by atoms with Gasteiger partial charge in [0, 0.05) is 17.3 Å². The van der Waals surface area contributed by atoms with Gasteiger partial charge in [-0.1, -0.05) is 0 Å². The molecular formula is C11H8N2O2S. The molecule has 0 bridgehead atoms. The third-order valence-corrected chi connectivity index (χ3v) is 2.64. The van der Waals surface area contributed by atoms with Gasteiger partial charge in [0.2, 0.25) is 0 Å². The van der Waals surface area contributed by atoms with Gasteiger partial charge in [-0.3, -0.25) is 9.97 Å². The predicted molar refractivity (Wildman–Crippen MR) is 62.2 cm³/mol. The van der Waals surface area contributed by atoms with Crippen molar-refractivity contribution in [2.24, 2.45) is 0 Å². The minimum Gasteiger partial charge on any atom is -0.478 e. The maximum absolute atomic E-state index is 10.7. The summed E-state index contributed by atoms with van der Waals surface area (Å²) in [6.45, 7) is 0. The maximum Gasteiger partial charge on any atom is 0.335 e. The molecule has 0 aliphatic heterocycles. The van der Waals surface area contributed by atoms with E-state index in [9.17, 15) is 4.79 Å². The van der Waals surface area contributed by atoms with Crippen LogP contribution in [0.3, 0.4) is 0 Å². The molecule has 0 aliphatic carbocycles. The van der Waals surface area contributed by atoms with E-state index in [0.29, 0.717) is 5.69 Å². The lowest BCUT2D eigenvalue weighted by Gasteiger charge is -1.95. The van der Waals surface area contributed by atoms with Crippen molar-refractivity contribution in [1.82, 2.24) is 9.97 Å². The number of aromatic carboxylic acids is 1. The van der Waals surface area contributed by atoms with E-state index in [2.05, 4.69) is 9.97 Å². The first-order valence-electron chi connectivity index (χ1n) is 4.51. The second kappa shape index (κ2) is 4.67. The van der Waals surface area contributed by atoms with E-state index in [4.69, 9.17) is 5.11 Å². The molecule has 16 heavy (non-hydrogen) atoms. The SMILES string of the molecule is O=C(O)c1ccnc(/C=C/c2cncs2)c1. The number of rotatable bonds is 3. The Morgan fingerprint density at radius 3 is 3.00 bits per heavy atom. The van der Waals surface area contributed by atoms with Crippen LogP contribution in [0.1, 0.15) is 20.9 Å². The summed E-state index contributed by atoms with van der Waals surface area (Å²) in [5.41, 5.74) is 2.59. The number of carbonyl (C=O) groups is 1. The molecule has 0 radical (unpaired) electrons. The zero-order chi connectivity index (χ0) is 11.4. The molecule has 0 spiro atoms. The van der Waals surface area contributed by atoms with Crippen molar-refractivity contribution in [2.45, 2.75) is 0 Å². The van der Waals surface area contributed by atoms with Crippen LogP contribution in [0.4, 0.5) is 0 Å². The van der Waals surface area contributed by atoms with Crippen LogP contribution in [0.15, 0.2) is 30.0 Å². The van der Waals surface area contributed by atoms with Gasteiger partial charge in [0.25, 0.3) is 0 Å². The molecule has 0 amide bonds. The fourth-order valence-corrected chi connectivity index (χ4v) is 1.66. The normalized spacial score (nSPS) is 10.8. The Balaban J connectivity index is 2.22. The number of aromatic nitrogens is 2. The quantitative estimate of drug-likeness (QED) is 0.882. The molecule has 1 N–H and O–H groups in total. The molecule has 2 heterocycles. The lowest BCUT2D eigenvalue weighted by atomic mass is 10.2. The fourth-order valence-electron chi connectivity index (χ4n) is 1.15. The largest absolute Gasteiger partial charge is 0.478 e. The average Bonchev–Trinajstić information content (AvgIpc) is 2.79. The van der Waals surface area contributed by atoms with Crippen molar-refractivity contribution in [1.29, 1.82) is 0 Å². The van der Waals surface area contributed by atoms with Crippen LogP contribution in [-0.2, 0) is 0 Å². The fraction of sp³-hybridized carbons (Fsp3) is 0. The van der Waals surface area contributed by atoms with Gasteiger partial charge >= 0.3 is 5.97 Å². The van der Waals surface area contributed by atoms with E-state index >= 15 is 0 Å². The number of nitrogens with zero attached hydrogens (tertiary/aromatic N) is 2. The molecule has 4 nitrogen and oxygen atoms in total. The summed E-state index contributed by atoms with van der Waals surface area (Å²) in [7, 11) is 0. The lowest BCUT2D eigenvalue weighted by molar-refractivity contribution is 0.0696. The highest BCUT2D eigenvalue weighted by atomic mass is 32.1. The first-order valence-corrected chi connectivity index (χ1v) is 5.39. The van der Waals surface area contributed by atoms with Crippen LogP contribution < -0.4 is 0 Å². The van der Waals surface area contributed by atoms with E-state index < -0.39 is 5.97 Å². The van der Waals surface area contributed by atoms with Crippen LogP contribution in [0.2, 0.25) is 0 Å². The van der Waals surface area contributed by atoms with E-state index in [1.165, 1.54) is 29.7 Å². The Morgan fingerprint density at radius 1 is 1.44 bits per heavy atom. The van der Waals surface area contributed by atoms with Crippen LogP contribution >= 0.6 is 11.3 Å². The molecule has 0 aliphatic rings. The standard InChI is InChI=1S/C11H8N2O2S/c14-11(15)8-3-4-13-9(5-8)1-2-10-6-12-7-16-10/h1-7H,(H,14,15)/b2-1+. The van der Waals surface area contributed by atoms with Crippen molar-refractivity contribution >= 4 is 29.5 Å². The number of pyridine rings is 1. The number of hydrogen-bond donors (Lipinski definition) is 1. The summed E-state index contributed by atoms with van der Waals surface area (Å²) in [6.07, 6.45) is 6.84. The monoisotopic (exact) mass is 232 g/mol. The van der Waals surface area contributed by atoms with Gasteiger partial charge in [0.1, 0.15) is 0 Å². The molecule has 2 aromatic rings. The molecule has 2 aromatic heterocycles. The number of carboxylic acids is 1. The van der Waals surface area contributed by atoms with Gasteiger partial charge in [0.15, 0.2) is 0 Å². The summed E-state index contributed by atoms with van der Waals surface area (Å²) < 4.78 is 0. The van der Waals surface area contributed by atoms with Crippen molar-refractivity contribution in [3.05, 3.63) is 46.2 Å². The Hall–Kier alpha value is -2.01.